The monoisotopic (exact) mass is 614 g/mol. The maximum absolute atomic E-state index is 6.75. The van der Waals surface area contributed by atoms with Crippen molar-refractivity contribution in [3.05, 3.63) is 160 Å². The summed E-state index contributed by atoms with van der Waals surface area (Å²) in [5.74, 6) is 1.66. The Morgan fingerprint density at radius 2 is 1.36 bits per heavy atom. The molecule has 8 heteroatoms. The topological polar surface area (TPSA) is 58.0 Å². The van der Waals surface area contributed by atoms with Gasteiger partial charge in [-0.2, -0.15) is 14.8 Å². The summed E-state index contributed by atoms with van der Waals surface area (Å²) in [6.45, 7) is 1.27. The minimum absolute atomic E-state index is 0.0185. The van der Waals surface area contributed by atoms with Crippen molar-refractivity contribution in [3.63, 3.8) is 0 Å². The molecule has 0 N–H and O–H groups in total. The molecule has 0 amide bonds. The Balaban J connectivity index is 1.34. The van der Waals surface area contributed by atoms with Crippen molar-refractivity contribution in [2.45, 2.75) is 36.9 Å². The number of halogens is 1. The van der Waals surface area contributed by atoms with Crippen molar-refractivity contribution >= 4 is 11.6 Å². The SMILES string of the molecule is COc1ccc(Cn2nccc2C2(c3ccnn3Cc3ccc(OC)cc3)CC3c4ccc(Cl)cc4C2c2cccc[n+]23)cc1. The molecule has 0 spiro atoms. The normalized spacial score (nSPS) is 17.5. The van der Waals surface area contributed by atoms with Crippen LogP contribution in [0.2, 0.25) is 5.02 Å². The predicted molar refractivity (Wildman–Crippen MR) is 172 cm³/mol. The molecule has 45 heavy (non-hydrogen) atoms. The fourth-order valence-corrected chi connectivity index (χ4v) is 7.85. The largest absolute Gasteiger partial charge is 0.497 e. The van der Waals surface area contributed by atoms with Gasteiger partial charge in [0.1, 0.15) is 11.5 Å². The average molecular weight is 615 g/mol. The summed E-state index contributed by atoms with van der Waals surface area (Å²) >= 11 is 6.75. The molecule has 224 valence electrons. The maximum Gasteiger partial charge on any atom is 0.190 e. The van der Waals surface area contributed by atoms with Crippen LogP contribution < -0.4 is 14.0 Å². The third kappa shape index (κ3) is 4.45. The third-order valence-corrected chi connectivity index (χ3v) is 9.85. The zero-order valence-corrected chi connectivity index (χ0v) is 25.9. The second kappa shape index (κ2) is 10.9. The molecule has 7 nitrogen and oxygen atoms in total. The summed E-state index contributed by atoms with van der Waals surface area (Å²) in [5, 5.41) is 10.6. The van der Waals surface area contributed by atoms with Gasteiger partial charge in [0, 0.05) is 41.5 Å². The molecule has 0 radical (unpaired) electrons. The number of benzene rings is 3. The summed E-state index contributed by atoms with van der Waals surface area (Å²) in [6.07, 6.45) is 6.95. The second-order valence-corrected chi connectivity index (χ2v) is 12.3. The van der Waals surface area contributed by atoms with Gasteiger partial charge in [-0.1, -0.05) is 48.0 Å². The Hall–Kier alpha value is -4.88. The van der Waals surface area contributed by atoms with Crippen molar-refractivity contribution in [3.8, 4) is 11.5 Å². The van der Waals surface area contributed by atoms with E-state index in [1.807, 2.05) is 42.7 Å². The van der Waals surface area contributed by atoms with E-state index in [4.69, 9.17) is 31.3 Å². The molecule has 2 atom stereocenters. The van der Waals surface area contributed by atoms with Crippen LogP contribution in [0.15, 0.2) is 116 Å². The predicted octanol–water partition coefficient (Wildman–Crippen LogP) is 6.56. The standard InChI is InChI=1S/C37H33ClN5O2/c1-44-28-11-6-25(7-12-28)23-42-34(16-18-39-42)37(35-17-19-40-43(35)24-26-8-13-29(45-2)14-9-26)22-33-30-15-10-27(38)21-31(30)36(37)32-5-3-4-20-41(32)33/h3-21,33,36H,22-24H2,1-2H3/q+1. The maximum atomic E-state index is 6.75. The molecular weight excluding hydrogens is 582 g/mol. The van der Waals surface area contributed by atoms with Gasteiger partial charge in [0.05, 0.1) is 50.0 Å². The molecule has 3 aliphatic rings. The highest BCUT2D eigenvalue weighted by Gasteiger charge is 2.61. The molecule has 1 aliphatic carbocycles. The van der Waals surface area contributed by atoms with E-state index in [2.05, 4.69) is 86.9 Å². The first kappa shape index (κ1) is 27.7. The molecule has 2 aliphatic heterocycles. The smallest absolute Gasteiger partial charge is 0.190 e. The first-order valence-corrected chi connectivity index (χ1v) is 15.6. The Labute approximate surface area is 267 Å². The van der Waals surface area contributed by atoms with Crippen molar-refractivity contribution < 1.29 is 14.0 Å². The first-order valence-electron chi connectivity index (χ1n) is 15.2. The van der Waals surface area contributed by atoms with Crippen molar-refractivity contribution in [1.29, 1.82) is 0 Å². The van der Waals surface area contributed by atoms with Crippen molar-refractivity contribution in [1.82, 2.24) is 19.6 Å². The third-order valence-electron chi connectivity index (χ3n) is 9.61. The minimum atomic E-state index is -0.477. The molecule has 0 fully saturated rings. The van der Waals surface area contributed by atoms with Crippen LogP contribution in [0.25, 0.3) is 0 Å². The van der Waals surface area contributed by atoms with Gasteiger partial charge in [-0.15, -0.1) is 0 Å². The fourth-order valence-electron chi connectivity index (χ4n) is 7.67. The zero-order chi connectivity index (χ0) is 30.5. The molecule has 3 aromatic carbocycles. The Morgan fingerprint density at radius 1 is 0.756 bits per heavy atom. The van der Waals surface area contributed by atoms with Crippen LogP contribution in [0.5, 0.6) is 11.5 Å². The van der Waals surface area contributed by atoms with Crippen LogP contribution in [-0.4, -0.2) is 33.8 Å². The number of hydrogen-bond acceptors (Lipinski definition) is 4. The quantitative estimate of drug-likeness (QED) is 0.182. The summed E-state index contributed by atoms with van der Waals surface area (Å²) < 4.78 is 17.6. The van der Waals surface area contributed by atoms with E-state index in [9.17, 15) is 0 Å². The fraction of sp³-hybridized carbons (Fsp3) is 0.216. The number of ether oxygens (including phenoxy) is 2. The molecule has 2 unspecified atom stereocenters. The van der Waals surface area contributed by atoms with Gasteiger partial charge in [-0.3, -0.25) is 9.36 Å². The van der Waals surface area contributed by atoms with Gasteiger partial charge in [0.2, 0.25) is 0 Å². The van der Waals surface area contributed by atoms with Gasteiger partial charge in [-0.25, -0.2) is 0 Å². The molecule has 0 saturated heterocycles. The lowest BCUT2D eigenvalue weighted by atomic mass is 9.55. The number of rotatable bonds is 8. The molecule has 3 aromatic heterocycles. The highest BCUT2D eigenvalue weighted by atomic mass is 35.5. The molecule has 9 rings (SSSR count). The lowest BCUT2D eigenvalue weighted by Crippen LogP contribution is -2.60. The van der Waals surface area contributed by atoms with E-state index in [0.717, 1.165) is 45.5 Å². The van der Waals surface area contributed by atoms with Crippen LogP contribution in [0.3, 0.4) is 0 Å². The Bertz CT molecular complexity index is 1910. The summed E-state index contributed by atoms with van der Waals surface area (Å²) in [5.41, 5.74) is 8.00. The van der Waals surface area contributed by atoms with E-state index in [0.29, 0.717) is 13.1 Å². The van der Waals surface area contributed by atoms with Crippen LogP contribution in [0.4, 0.5) is 0 Å². The van der Waals surface area contributed by atoms with Gasteiger partial charge < -0.3 is 9.47 Å². The van der Waals surface area contributed by atoms with Gasteiger partial charge >= 0.3 is 0 Å². The average Bonchev–Trinajstić information content (AvgIpc) is 3.75. The van der Waals surface area contributed by atoms with Crippen LogP contribution in [0, 0.1) is 0 Å². The summed E-state index contributed by atoms with van der Waals surface area (Å²) in [4.78, 5) is 0. The van der Waals surface area contributed by atoms with Crippen LogP contribution >= 0.6 is 11.6 Å². The van der Waals surface area contributed by atoms with E-state index >= 15 is 0 Å². The minimum Gasteiger partial charge on any atom is -0.497 e. The van der Waals surface area contributed by atoms with E-state index in [-0.39, 0.29) is 12.0 Å². The van der Waals surface area contributed by atoms with E-state index in [1.54, 1.807) is 14.2 Å². The van der Waals surface area contributed by atoms with Gasteiger partial charge in [-0.05, 0) is 65.2 Å². The number of pyridine rings is 1. The molecule has 2 bridgehead atoms. The van der Waals surface area contributed by atoms with Gasteiger partial charge in [0.15, 0.2) is 17.9 Å². The summed E-state index contributed by atoms with van der Waals surface area (Å²) in [6, 6.07) is 33.9. The number of nitrogens with zero attached hydrogens (tertiary/aromatic N) is 5. The lowest BCUT2D eigenvalue weighted by Gasteiger charge is -2.49. The van der Waals surface area contributed by atoms with Crippen LogP contribution in [-0.2, 0) is 18.5 Å². The second-order valence-electron chi connectivity index (χ2n) is 11.9. The highest BCUT2D eigenvalue weighted by Crippen LogP contribution is 2.59. The first-order chi connectivity index (χ1) is 22.1. The number of hydrogen-bond donors (Lipinski definition) is 0. The molecule has 6 aromatic rings. The van der Waals surface area contributed by atoms with Crippen molar-refractivity contribution in [2.75, 3.05) is 14.2 Å². The van der Waals surface area contributed by atoms with Gasteiger partial charge in [0.25, 0.3) is 0 Å². The molecular formula is C37H33ClN5O2+. The van der Waals surface area contributed by atoms with E-state index in [1.165, 1.54) is 16.8 Å². The van der Waals surface area contributed by atoms with Crippen LogP contribution in [0.1, 0.15) is 57.7 Å². The highest BCUT2D eigenvalue weighted by molar-refractivity contribution is 6.30. The van der Waals surface area contributed by atoms with Crippen molar-refractivity contribution in [2.24, 2.45) is 0 Å². The number of aromatic nitrogens is 5. The Kier molecular flexibility index (Phi) is 6.72. The molecule has 5 heterocycles. The van der Waals surface area contributed by atoms with E-state index < -0.39 is 5.41 Å². The number of methoxy groups -OCH3 is 2. The molecule has 0 saturated carbocycles. The summed E-state index contributed by atoms with van der Waals surface area (Å²) in [7, 11) is 3.38. The number of fused-ring (bicyclic) bond motifs is 1. The Morgan fingerprint density at radius 3 is 1.93 bits per heavy atom. The zero-order valence-electron chi connectivity index (χ0n) is 25.2. The lowest BCUT2D eigenvalue weighted by molar-refractivity contribution is -0.732.